The molecule has 0 aromatic heterocycles. The highest BCUT2D eigenvalue weighted by Crippen LogP contribution is 2.44. The van der Waals surface area contributed by atoms with Gasteiger partial charge in [-0.15, -0.1) is 0 Å². The quantitative estimate of drug-likeness (QED) is 0.323. The third kappa shape index (κ3) is 6.99. The molecule has 0 radical (unpaired) electrons. The molecule has 1 aliphatic rings. The molecule has 0 saturated heterocycles. The van der Waals surface area contributed by atoms with Gasteiger partial charge in [-0.2, -0.15) is 26.3 Å². The average molecular weight is 630 g/mol. The number of carbonyl (C=O) groups is 1. The lowest BCUT2D eigenvalue weighted by molar-refractivity contribution is -0.176. The first kappa shape index (κ1) is 27.5. The lowest BCUT2D eigenvalue weighted by Gasteiger charge is -2.25. The Morgan fingerprint density at radius 3 is 2.46 bits per heavy atom. The van der Waals surface area contributed by atoms with Gasteiger partial charge in [-0.05, 0) is 41.8 Å². The van der Waals surface area contributed by atoms with Crippen molar-refractivity contribution in [3.63, 3.8) is 0 Å². The van der Waals surface area contributed by atoms with Gasteiger partial charge in [0.05, 0.1) is 11.3 Å². The molecule has 4 nitrogen and oxygen atoms in total. The van der Waals surface area contributed by atoms with E-state index in [0.717, 1.165) is 17.7 Å². The normalized spacial score (nSPS) is 17.1. The van der Waals surface area contributed by atoms with Gasteiger partial charge in [0.15, 0.2) is 0 Å². The van der Waals surface area contributed by atoms with Crippen LogP contribution in [0.4, 0.5) is 26.3 Å². The Balaban J connectivity index is 1.81. The second-order valence-electron chi connectivity index (χ2n) is 8.01. The minimum absolute atomic E-state index is 0.0979. The zero-order valence-corrected chi connectivity index (χ0v) is 21.4. The molecule has 1 N–H and O–H groups in total. The van der Waals surface area contributed by atoms with Gasteiger partial charge in [-0.3, -0.25) is 4.79 Å². The monoisotopic (exact) mass is 628 g/mol. The van der Waals surface area contributed by atoms with E-state index in [1.165, 1.54) is 0 Å². The molecule has 0 saturated carbocycles. The van der Waals surface area contributed by atoms with Crippen molar-refractivity contribution in [2.45, 2.75) is 57.1 Å². The Hall–Kier alpha value is -2.08. The highest BCUT2D eigenvalue weighted by molar-refractivity contribution is 9.10. The van der Waals surface area contributed by atoms with Gasteiger partial charge in [0.2, 0.25) is 5.91 Å². The van der Waals surface area contributed by atoms with E-state index in [4.69, 9.17) is 4.84 Å². The van der Waals surface area contributed by atoms with Crippen LogP contribution >= 0.6 is 31.9 Å². The first-order valence-electron chi connectivity index (χ1n) is 10.5. The summed E-state index contributed by atoms with van der Waals surface area (Å²) in [5.41, 5.74) is -0.274. The smallest absolute Gasteiger partial charge is 0.391 e. The molecule has 190 valence electrons. The summed E-state index contributed by atoms with van der Waals surface area (Å²) in [5.74, 6) is -2.42. The van der Waals surface area contributed by atoms with Gasteiger partial charge in [-0.25, -0.2) is 0 Å². The third-order valence-electron chi connectivity index (χ3n) is 5.36. The zero-order chi connectivity index (χ0) is 26.0. The average Bonchev–Trinajstić information content (AvgIpc) is 3.20. The van der Waals surface area contributed by atoms with Crippen molar-refractivity contribution in [1.29, 1.82) is 0 Å². The predicted octanol–water partition coefficient (Wildman–Crippen LogP) is 7.49. The molecular formula is C23H20Br2F6N2O2. The summed E-state index contributed by atoms with van der Waals surface area (Å²) in [5, 5.41) is 6.58. The summed E-state index contributed by atoms with van der Waals surface area (Å²) in [6.45, 7) is 2.16. The molecule has 3 rings (SSSR count). The number of carbonyl (C=O) groups excluding carboxylic acids is 1. The van der Waals surface area contributed by atoms with E-state index in [1.807, 2.05) is 6.92 Å². The fraction of sp³-hybridized carbons (Fsp3) is 0.391. The maximum atomic E-state index is 14.0. The van der Waals surface area contributed by atoms with Crippen LogP contribution in [0.15, 0.2) is 50.5 Å². The van der Waals surface area contributed by atoms with Crippen LogP contribution in [0.1, 0.15) is 54.4 Å². The van der Waals surface area contributed by atoms with Gasteiger partial charge in [0.25, 0.3) is 0 Å². The molecular weight excluding hydrogens is 610 g/mol. The summed E-state index contributed by atoms with van der Waals surface area (Å²) in [7, 11) is 0. The van der Waals surface area contributed by atoms with Crippen LogP contribution in [0.2, 0.25) is 0 Å². The van der Waals surface area contributed by atoms with Crippen molar-refractivity contribution in [2.75, 3.05) is 0 Å². The third-order valence-corrected chi connectivity index (χ3v) is 6.56. The Kier molecular flexibility index (Phi) is 8.56. The maximum absolute atomic E-state index is 14.0. The molecule has 1 amide bonds. The minimum atomic E-state index is -4.87. The summed E-state index contributed by atoms with van der Waals surface area (Å²) < 4.78 is 82.1. The molecule has 0 spiro atoms. The van der Waals surface area contributed by atoms with Crippen LogP contribution in [0.25, 0.3) is 0 Å². The van der Waals surface area contributed by atoms with E-state index in [1.54, 1.807) is 18.2 Å². The Morgan fingerprint density at radius 2 is 1.86 bits per heavy atom. The van der Waals surface area contributed by atoms with Crippen molar-refractivity contribution in [3.8, 4) is 0 Å². The molecule has 1 heterocycles. The molecule has 35 heavy (non-hydrogen) atoms. The van der Waals surface area contributed by atoms with Crippen molar-refractivity contribution >= 4 is 43.5 Å². The Labute approximate surface area is 214 Å². The van der Waals surface area contributed by atoms with E-state index >= 15 is 0 Å². The first-order valence-corrected chi connectivity index (χ1v) is 12.1. The molecule has 2 aromatic rings. The number of alkyl halides is 6. The summed E-state index contributed by atoms with van der Waals surface area (Å²) in [6, 6.07) is 7.20. The van der Waals surface area contributed by atoms with Gasteiger partial charge < -0.3 is 10.2 Å². The standard InChI is InChI=1S/C23H20Br2F6N2O2/c1-2-3-20(34)32-11-13-5-4-12(8-17(13)25)18-10-19(35-33-18)21(23(29,30)31)14-6-15(22(26,27)28)9-16(24)7-14/h4-9,19,21H,2-3,10-11H2,1H3,(H,32,34). The van der Waals surface area contributed by atoms with Gasteiger partial charge in [0, 0.05) is 33.9 Å². The van der Waals surface area contributed by atoms with Crippen molar-refractivity contribution < 1.29 is 36.0 Å². The first-order chi connectivity index (χ1) is 16.3. The van der Waals surface area contributed by atoms with Crippen molar-refractivity contribution in [2.24, 2.45) is 5.16 Å². The number of benzene rings is 2. The maximum Gasteiger partial charge on any atom is 0.416 e. The Morgan fingerprint density at radius 1 is 1.14 bits per heavy atom. The molecule has 2 unspecified atom stereocenters. The number of hydrogen-bond donors (Lipinski definition) is 1. The zero-order valence-electron chi connectivity index (χ0n) is 18.2. The molecule has 0 bridgehead atoms. The van der Waals surface area contributed by atoms with Crippen LogP contribution in [0, 0.1) is 0 Å². The van der Waals surface area contributed by atoms with E-state index in [2.05, 4.69) is 42.3 Å². The lowest BCUT2D eigenvalue weighted by atomic mass is 9.88. The number of oxime groups is 1. The number of nitrogens with one attached hydrogen (secondary N) is 1. The number of rotatable bonds is 7. The van der Waals surface area contributed by atoms with Crippen molar-refractivity contribution in [3.05, 3.63) is 67.6 Å². The second-order valence-corrected chi connectivity index (χ2v) is 9.78. The van der Waals surface area contributed by atoms with Crippen LogP contribution in [-0.4, -0.2) is 23.9 Å². The van der Waals surface area contributed by atoms with E-state index in [9.17, 15) is 31.1 Å². The van der Waals surface area contributed by atoms with Crippen LogP contribution in [0.3, 0.4) is 0 Å². The SMILES string of the molecule is CCCC(=O)NCc1ccc(C2=NOC(C(c3cc(Br)cc(C(F)(F)F)c3)C(F)(F)F)C2)cc1Br. The predicted molar refractivity (Wildman–Crippen MR) is 125 cm³/mol. The van der Waals surface area contributed by atoms with E-state index in [0.29, 0.717) is 28.9 Å². The highest BCUT2D eigenvalue weighted by Gasteiger charge is 2.50. The molecule has 12 heteroatoms. The van der Waals surface area contributed by atoms with E-state index in [-0.39, 0.29) is 29.1 Å². The second kappa shape index (κ2) is 10.9. The number of amides is 1. The van der Waals surface area contributed by atoms with Gasteiger partial charge in [0.1, 0.15) is 12.0 Å². The largest absolute Gasteiger partial charge is 0.416 e. The Bertz CT molecular complexity index is 1120. The molecule has 2 atom stereocenters. The summed E-state index contributed by atoms with van der Waals surface area (Å²) in [6.07, 6.45) is -10.4. The van der Waals surface area contributed by atoms with Crippen LogP contribution in [0.5, 0.6) is 0 Å². The molecule has 1 aliphatic heterocycles. The summed E-state index contributed by atoms with van der Waals surface area (Å²) >= 11 is 6.27. The van der Waals surface area contributed by atoms with Crippen LogP contribution < -0.4 is 5.32 Å². The fourth-order valence-corrected chi connectivity index (χ4v) is 4.73. The van der Waals surface area contributed by atoms with Gasteiger partial charge >= 0.3 is 12.4 Å². The van der Waals surface area contributed by atoms with Gasteiger partial charge in [-0.1, -0.05) is 56.1 Å². The highest BCUT2D eigenvalue weighted by atomic mass is 79.9. The van der Waals surface area contributed by atoms with E-state index < -0.39 is 35.5 Å². The summed E-state index contributed by atoms with van der Waals surface area (Å²) in [4.78, 5) is 16.8. The number of halogens is 8. The molecule has 0 fully saturated rings. The van der Waals surface area contributed by atoms with Crippen LogP contribution in [-0.2, 0) is 22.4 Å². The minimum Gasteiger partial charge on any atom is -0.391 e. The topological polar surface area (TPSA) is 50.7 Å². The molecule has 2 aromatic carbocycles. The van der Waals surface area contributed by atoms with Crippen molar-refractivity contribution in [1.82, 2.24) is 5.32 Å². The number of hydrogen-bond acceptors (Lipinski definition) is 3. The number of nitrogens with zero attached hydrogens (tertiary/aromatic N) is 1. The lowest BCUT2D eigenvalue weighted by Crippen LogP contribution is -2.32. The molecule has 0 aliphatic carbocycles. The fourth-order valence-electron chi connectivity index (χ4n) is 3.70.